The standard InChI is InChI=1S/C12H23N2O4PS/c1-12(2,3-4-14-5-7-17-8-6-14)11(15)18-9-10-20-19-13-16/h19H,3-10H2,1-2H3. The summed E-state index contributed by atoms with van der Waals surface area (Å²) < 4.78 is 10.6. The Morgan fingerprint density at radius 3 is 2.80 bits per heavy atom. The van der Waals surface area contributed by atoms with Crippen molar-refractivity contribution in [2.45, 2.75) is 20.3 Å². The molecular weight excluding hydrogens is 299 g/mol. The van der Waals surface area contributed by atoms with Crippen LogP contribution in [0.3, 0.4) is 0 Å². The fourth-order valence-electron chi connectivity index (χ4n) is 1.81. The lowest BCUT2D eigenvalue weighted by Crippen LogP contribution is -2.39. The number of nitrogens with zero attached hydrogens (tertiary/aromatic N) is 2. The molecular formula is C12H23N2O4PS. The SMILES string of the molecule is CC(C)(CCN1CCOCC1)C(=O)OCCSPN=O. The number of rotatable bonds is 9. The van der Waals surface area contributed by atoms with Gasteiger partial charge in [0.05, 0.1) is 18.6 Å². The van der Waals surface area contributed by atoms with Gasteiger partial charge in [0.25, 0.3) is 0 Å². The number of hydrogen-bond acceptors (Lipinski definition) is 7. The van der Waals surface area contributed by atoms with Crippen molar-refractivity contribution in [1.82, 2.24) is 4.90 Å². The van der Waals surface area contributed by atoms with Crippen LogP contribution in [0.5, 0.6) is 0 Å². The summed E-state index contributed by atoms with van der Waals surface area (Å²) in [6, 6.07) is 0. The van der Waals surface area contributed by atoms with Crippen molar-refractivity contribution < 1.29 is 14.3 Å². The first-order chi connectivity index (χ1) is 9.56. The molecule has 0 N–H and O–H groups in total. The van der Waals surface area contributed by atoms with Crippen molar-refractivity contribution >= 4 is 25.3 Å². The minimum absolute atomic E-state index is 0.0158. The van der Waals surface area contributed by atoms with Gasteiger partial charge >= 0.3 is 5.97 Å². The Hall–Kier alpha value is -0.230. The Kier molecular flexibility index (Phi) is 8.61. The van der Waals surface area contributed by atoms with Crippen LogP contribution in [0, 0.1) is 10.3 Å². The lowest BCUT2D eigenvalue weighted by Gasteiger charge is -2.30. The summed E-state index contributed by atoms with van der Waals surface area (Å²) in [5.74, 6) is 0.448. The average molecular weight is 322 g/mol. The monoisotopic (exact) mass is 322 g/mol. The lowest BCUT2D eigenvalue weighted by molar-refractivity contribution is -0.153. The molecule has 0 spiro atoms. The molecule has 0 aromatic carbocycles. The van der Waals surface area contributed by atoms with Crippen molar-refractivity contribution in [1.29, 1.82) is 0 Å². The third-order valence-electron chi connectivity index (χ3n) is 3.23. The van der Waals surface area contributed by atoms with Gasteiger partial charge in [-0.3, -0.25) is 9.69 Å². The maximum atomic E-state index is 12.0. The van der Waals surface area contributed by atoms with E-state index >= 15 is 0 Å². The van der Waals surface area contributed by atoms with Crippen LogP contribution in [0.25, 0.3) is 0 Å². The minimum Gasteiger partial charge on any atom is -0.464 e. The smallest absolute Gasteiger partial charge is 0.311 e. The van der Waals surface area contributed by atoms with Gasteiger partial charge in [-0.2, -0.15) is 0 Å². The van der Waals surface area contributed by atoms with Crippen molar-refractivity contribution in [3.63, 3.8) is 0 Å². The first-order valence-electron chi connectivity index (χ1n) is 6.73. The van der Waals surface area contributed by atoms with Gasteiger partial charge in [-0.05, 0) is 31.8 Å². The van der Waals surface area contributed by atoms with Gasteiger partial charge in [0.15, 0.2) is 0 Å². The summed E-state index contributed by atoms with van der Waals surface area (Å²) in [6.45, 7) is 8.46. The zero-order valence-electron chi connectivity index (χ0n) is 12.1. The van der Waals surface area contributed by atoms with Crippen LogP contribution in [-0.2, 0) is 14.3 Å². The van der Waals surface area contributed by atoms with Gasteiger partial charge in [-0.25, -0.2) is 0 Å². The largest absolute Gasteiger partial charge is 0.464 e. The van der Waals surface area contributed by atoms with Crippen LogP contribution >= 0.6 is 19.3 Å². The van der Waals surface area contributed by atoms with Crippen LogP contribution in [0.15, 0.2) is 4.95 Å². The molecule has 0 saturated carbocycles. The summed E-state index contributed by atoms with van der Waals surface area (Å²) in [7, 11) is -0.0158. The molecule has 1 aliphatic rings. The van der Waals surface area contributed by atoms with E-state index in [0.717, 1.165) is 39.3 Å². The molecule has 0 bridgehead atoms. The molecule has 1 rings (SSSR count). The summed E-state index contributed by atoms with van der Waals surface area (Å²) >= 11 is 1.39. The zero-order chi connectivity index (χ0) is 14.8. The van der Waals surface area contributed by atoms with Crippen LogP contribution in [0.2, 0.25) is 0 Å². The van der Waals surface area contributed by atoms with E-state index in [1.165, 1.54) is 11.4 Å². The molecule has 116 valence electrons. The Labute approximate surface area is 125 Å². The normalized spacial score (nSPS) is 17.5. The molecule has 20 heavy (non-hydrogen) atoms. The number of hydrogen-bond donors (Lipinski definition) is 0. The van der Waals surface area contributed by atoms with E-state index in [0.29, 0.717) is 12.4 Å². The van der Waals surface area contributed by atoms with Crippen LogP contribution in [0.4, 0.5) is 0 Å². The molecule has 1 aliphatic heterocycles. The predicted octanol–water partition coefficient (Wildman–Crippen LogP) is 2.29. The van der Waals surface area contributed by atoms with Gasteiger partial charge in [0.1, 0.15) is 14.5 Å². The van der Waals surface area contributed by atoms with E-state index in [1.54, 1.807) is 0 Å². The van der Waals surface area contributed by atoms with E-state index in [2.05, 4.69) is 9.85 Å². The highest BCUT2D eigenvalue weighted by molar-refractivity contribution is 8.49. The van der Waals surface area contributed by atoms with Gasteiger partial charge in [0, 0.05) is 18.8 Å². The average Bonchev–Trinajstić information content (AvgIpc) is 2.46. The maximum absolute atomic E-state index is 12.0. The Bertz CT molecular complexity index is 312. The molecule has 1 heterocycles. The molecule has 0 aromatic heterocycles. The third-order valence-corrected chi connectivity index (χ3v) is 5.03. The summed E-state index contributed by atoms with van der Waals surface area (Å²) in [5.41, 5.74) is -0.478. The lowest BCUT2D eigenvalue weighted by atomic mass is 9.89. The molecule has 0 aliphatic carbocycles. The van der Waals surface area contributed by atoms with Crippen molar-refractivity contribution in [3.8, 4) is 0 Å². The van der Waals surface area contributed by atoms with Crippen LogP contribution in [0.1, 0.15) is 20.3 Å². The van der Waals surface area contributed by atoms with E-state index in [4.69, 9.17) is 9.47 Å². The summed E-state index contributed by atoms with van der Waals surface area (Å²) in [4.78, 5) is 27.0. The number of carbonyl (C=O) groups excluding carboxylic acids is 1. The molecule has 0 aromatic rings. The number of morpholine rings is 1. The first kappa shape index (κ1) is 17.8. The zero-order valence-corrected chi connectivity index (χ0v) is 13.9. The maximum Gasteiger partial charge on any atom is 0.311 e. The van der Waals surface area contributed by atoms with Crippen LogP contribution < -0.4 is 0 Å². The number of nitroso groups, excluding NO2 is 1. The van der Waals surface area contributed by atoms with Crippen LogP contribution in [-0.4, -0.2) is 56.1 Å². The molecule has 1 fully saturated rings. The second kappa shape index (κ2) is 9.66. The predicted molar refractivity (Wildman–Crippen MR) is 83.2 cm³/mol. The fraction of sp³-hybridized carbons (Fsp3) is 0.917. The summed E-state index contributed by atoms with van der Waals surface area (Å²) in [6.07, 6.45) is 0.774. The van der Waals surface area contributed by atoms with E-state index in [9.17, 15) is 9.70 Å². The number of ether oxygens (including phenoxy) is 2. The van der Waals surface area contributed by atoms with Gasteiger partial charge < -0.3 is 9.47 Å². The molecule has 1 atom stereocenters. The number of esters is 1. The van der Waals surface area contributed by atoms with E-state index in [1.807, 2.05) is 13.8 Å². The van der Waals surface area contributed by atoms with Crippen molar-refractivity contribution in [2.75, 3.05) is 45.2 Å². The number of carbonyl (C=O) groups is 1. The molecule has 0 radical (unpaired) electrons. The highest BCUT2D eigenvalue weighted by Gasteiger charge is 2.29. The molecule has 0 amide bonds. The highest BCUT2D eigenvalue weighted by atomic mass is 32.7. The van der Waals surface area contributed by atoms with E-state index in [-0.39, 0.29) is 13.9 Å². The first-order valence-corrected chi connectivity index (χ1v) is 9.38. The van der Waals surface area contributed by atoms with Gasteiger partial charge in [0.2, 0.25) is 0 Å². The van der Waals surface area contributed by atoms with Gasteiger partial charge in [-0.15, -0.1) is 16.3 Å². The molecule has 8 heteroatoms. The van der Waals surface area contributed by atoms with Crippen molar-refractivity contribution in [3.05, 3.63) is 4.91 Å². The molecule has 6 nitrogen and oxygen atoms in total. The van der Waals surface area contributed by atoms with Crippen molar-refractivity contribution in [2.24, 2.45) is 10.4 Å². The Morgan fingerprint density at radius 1 is 1.45 bits per heavy atom. The molecule has 1 saturated heterocycles. The second-order valence-electron chi connectivity index (χ2n) is 5.25. The summed E-state index contributed by atoms with van der Waals surface area (Å²) in [5, 5.41) is 0. The fourth-order valence-corrected chi connectivity index (χ4v) is 2.80. The third kappa shape index (κ3) is 6.97. The second-order valence-corrected chi connectivity index (χ2v) is 7.73. The highest BCUT2D eigenvalue weighted by Crippen LogP contribution is 2.29. The quantitative estimate of drug-likeness (QED) is 0.281. The Balaban J connectivity index is 2.20. The molecule has 1 unspecified atom stereocenters. The van der Waals surface area contributed by atoms with E-state index < -0.39 is 5.41 Å². The van der Waals surface area contributed by atoms with Gasteiger partial charge in [-0.1, -0.05) is 0 Å². The Morgan fingerprint density at radius 2 is 2.15 bits per heavy atom. The topological polar surface area (TPSA) is 68.2 Å². The minimum atomic E-state index is -0.478.